The fourth-order valence-corrected chi connectivity index (χ4v) is 4.70. The molecule has 1 aliphatic carbocycles. The van der Waals surface area contributed by atoms with E-state index in [4.69, 9.17) is 5.73 Å². The molecule has 1 aliphatic heterocycles. The average molecular weight is 319 g/mol. The number of alkyl halides is 3. The summed E-state index contributed by atoms with van der Waals surface area (Å²) in [5, 5.41) is -0.789. The number of aromatic nitrogens is 1. The molecule has 1 unspecified atom stereocenters. The third kappa shape index (κ3) is 2.71. The smallest absolute Gasteiger partial charge is 0.322 e. The van der Waals surface area contributed by atoms with E-state index in [-0.39, 0.29) is 11.6 Å². The summed E-state index contributed by atoms with van der Waals surface area (Å²) in [6.45, 7) is 2.03. The summed E-state index contributed by atoms with van der Waals surface area (Å²) in [5.41, 5.74) is 6.27. The Morgan fingerprint density at radius 2 is 1.81 bits per heavy atom. The van der Waals surface area contributed by atoms with Crippen LogP contribution in [0, 0.1) is 0 Å². The minimum Gasteiger partial charge on any atom is -0.322 e. The van der Waals surface area contributed by atoms with E-state index in [1.54, 1.807) is 0 Å². The van der Waals surface area contributed by atoms with Crippen molar-refractivity contribution >= 4 is 11.3 Å². The first kappa shape index (κ1) is 15.2. The zero-order chi connectivity index (χ0) is 15.1. The summed E-state index contributed by atoms with van der Waals surface area (Å²) in [5.74, 6) is 0. The van der Waals surface area contributed by atoms with Crippen LogP contribution >= 0.6 is 11.3 Å². The van der Waals surface area contributed by atoms with Crippen LogP contribution in [0.15, 0.2) is 6.20 Å². The van der Waals surface area contributed by atoms with Crippen molar-refractivity contribution in [2.45, 2.75) is 56.3 Å². The van der Waals surface area contributed by atoms with Crippen LogP contribution < -0.4 is 5.73 Å². The maximum atomic E-state index is 12.7. The first-order chi connectivity index (χ1) is 9.93. The van der Waals surface area contributed by atoms with Gasteiger partial charge in [0, 0.05) is 16.6 Å². The topological polar surface area (TPSA) is 42.1 Å². The van der Waals surface area contributed by atoms with Crippen molar-refractivity contribution in [1.29, 1.82) is 0 Å². The first-order valence-electron chi connectivity index (χ1n) is 7.47. The number of hydrogen-bond acceptors (Lipinski definition) is 4. The Balaban J connectivity index is 1.87. The summed E-state index contributed by atoms with van der Waals surface area (Å²) >= 11 is 0.704. The van der Waals surface area contributed by atoms with Crippen LogP contribution in [-0.4, -0.2) is 28.5 Å². The van der Waals surface area contributed by atoms with E-state index in [1.807, 2.05) is 0 Å². The van der Waals surface area contributed by atoms with Crippen molar-refractivity contribution in [3.63, 3.8) is 0 Å². The maximum Gasteiger partial charge on any atom is 0.443 e. The average Bonchev–Trinajstić information content (AvgIpc) is 3.17. The van der Waals surface area contributed by atoms with Gasteiger partial charge in [0.05, 0.1) is 6.04 Å². The molecule has 0 radical (unpaired) electrons. The SMILES string of the molecule is NC(c1cnc(C(F)(F)F)s1)C1(N2CCCC2)CCCC1. The molecule has 0 bridgehead atoms. The van der Waals surface area contributed by atoms with E-state index < -0.39 is 11.2 Å². The van der Waals surface area contributed by atoms with Crippen molar-refractivity contribution in [2.75, 3.05) is 13.1 Å². The zero-order valence-corrected chi connectivity index (χ0v) is 12.6. The highest BCUT2D eigenvalue weighted by molar-refractivity contribution is 7.11. The molecule has 0 spiro atoms. The molecule has 1 atom stereocenters. The molecule has 21 heavy (non-hydrogen) atoms. The van der Waals surface area contributed by atoms with Crippen molar-refractivity contribution in [3.05, 3.63) is 16.1 Å². The third-order valence-corrected chi connectivity index (χ3v) is 5.98. The van der Waals surface area contributed by atoms with Crippen LogP contribution in [0.3, 0.4) is 0 Å². The van der Waals surface area contributed by atoms with E-state index in [1.165, 1.54) is 6.20 Å². The number of hydrogen-bond donors (Lipinski definition) is 1. The van der Waals surface area contributed by atoms with Crippen LogP contribution in [0.4, 0.5) is 13.2 Å². The zero-order valence-electron chi connectivity index (χ0n) is 11.8. The molecule has 2 N–H and O–H groups in total. The summed E-state index contributed by atoms with van der Waals surface area (Å²) < 4.78 is 38.2. The Morgan fingerprint density at radius 1 is 1.19 bits per heavy atom. The number of nitrogens with zero attached hydrogens (tertiary/aromatic N) is 2. The molecule has 2 heterocycles. The van der Waals surface area contributed by atoms with Crippen LogP contribution in [0.2, 0.25) is 0 Å². The molecule has 118 valence electrons. The molecule has 1 saturated carbocycles. The molecule has 7 heteroatoms. The van der Waals surface area contributed by atoms with Gasteiger partial charge in [-0.15, -0.1) is 11.3 Å². The van der Waals surface area contributed by atoms with Gasteiger partial charge in [-0.1, -0.05) is 12.8 Å². The number of likely N-dealkylation sites (tertiary alicyclic amines) is 1. The lowest BCUT2D eigenvalue weighted by atomic mass is 9.86. The molecule has 2 fully saturated rings. The van der Waals surface area contributed by atoms with Gasteiger partial charge in [0.25, 0.3) is 0 Å². The summed E-state index contributed by atoms with van der Waals surface area (Å²) in [7, 11) is 0. The molecule has 1 aromatic heterocycles. The minimum atomic E-state index is -4.38. The maximum absolute atomic E-state index is 12.7. The Bertz CT molecular complexity index is 488. The fourth-order valence-electron chi connectivity index (χ4n) is 3.80. The molecule has 1 saturated heterocycles. The lowest BCUT2D eigenvalue weighted by molar-refractivity contribution is -0.137. The van der Waals surface area contributed by atoms with Crippen LogP contribution in [0.1, 0.15) is 54.5 Å². The standard InChI is InChI=1S/C14H20F3N3S/c15-14(16,17)12-19-9-10(21-12)11(18)13(5-1-2-6-13)20-7-3-4-8-20/h9,11H,1-8,18H2. The predicted octanol–water partition coefficient (Wildman–Crippen LogP) is 3.57. The molecule has 3 nitrogen and oxygen atoms in total. The highest BCUT2D eigenvalue weighted by atomic mass is 32.1. The second-order valence-electron chi connectivity index (χ2n) is 6.05. The van der Waals surface area contributed by atoms with Gasteiger partial charge in [-0.05, 0) is 38.8 Å². The Labute approximate surface area is 126 Å². The highest BCUT2D eigenvalue weighted by Gasteiger charge is 2.47. The van der Waals surface area contributed by atoms with Crippen molar-refractivity contribution in [3.8, 4) is 0 Å². The van der Waals surface area contributed by atoms with Gasteiger partial charge in [0.1, 0.15) is 0 Å². The minimum absolute atomic E-state index is 0.161. The molecule has 1 aromatic rings. The molecule has 0 amide bonds. The number of nitrogens with two attached hydrogens (primary N) is 1. The molecular weight excluding hydrogens is 299 g/mol. The predicted molar refractivity (Wildman–Crippen MR) is 76.1 cm³/mol. The van der Waals surface area contributed by atoms with Crippen LogP contribution in [0.25, 0.3) is 0 Å². The third-order valence-electron chi connectivity index (χ3n) is 4.86. The molecular formula is C14H20F3N3S. The van der Waals surface area contributed by atoms with Crippen LogP contribution in [-0.2, 0) is 6.18 Å². The van der Waals surface area contributed by atoms with E-state index in [0.29, 0.717) is 16.2 Å². The first-order valence-corrected chi connectivity index (χ1v) is 8.29. The van der Waals surface area contributed by atoms with Crippen molar-refractivity contribution in [1.82, 2.24) is 9.88 Å². The number of thiazole rings is 1. The molecule has 0 aromatic carbocycles. The van der Waals surface area contributed by atoms with Gasteiger partial charge < -0.3 is 5.73 Å². The fraction of sp³-hybridized carbons (Fsp3) is 0.786. The monoisotopic (exact) mass is 319 g/mol. The quantitative estimate of drug-likeness (QED) is 0.926. The summed E-state index contributed by atoms with van der Waals surface area (Å²) in [4.78, 5) is 6.51. The van der Waals surface area contributed by atoms with Crippen LogP contribution in [0.5, 0.6) is 0 Å². The summed E-state index contributed by atoms with van der Waals surface area (Å²) in [6.07, 6.45) is 3.44. The van der Waals surface area contributed by atoms with E-state index in [9.17, 15) is 13.2 Å². The largest absolute Gasteiger partial charge is 0.443 e. The van der Waals surface area contributed by atoms with Gasteiger partial charge >= 0.3 is 6.18 Å². The Morgan fingerprint density at radius 3 is 2.33 bits per heavy atom. The van der Waals surface area contributed by atoms with E-state index in [2.05, 4.69) is 9.88 Å². The van der Waals surface area contributed by atoms with Gasteiger partial charge in [-0.3, -0.25) is 4.90 Å². The van der Waals surface area contributed by atoms with Crippen molar-refractivity contribution < 1.29 is 13.2 Å². The van der Waals surface area contributed by atoms with Gasteiger partial charge in [-0.25, -0.2) is 4.98 Å². The van der Waals surface area contributed by atoms with Gasteiger partial charge in [0.2, 0.25) is 0 Å². The number of rotatable bonds is 3. The lowest BCUT2D eigenvalue weighted by Crippen LogP contribution is -2.52. The summed E-state index contributed by atoms with van der Waals surface area (Å²) in [6, 6.07) is -0.369. The molecule has 2 aliphatic rings. The van der Waals surface area contributed by atoms with E-state index in [0.717, 1.165) is 51.6 Å². The van der Waals surface area contributed by atoms with Crippen molar-refractivity contribution in [2.24, 2.45) is 5.73 Å². The molecule has 3 rings (SSSR count). The van der Waals surface area contributed by atoms with Gasteiger partial charge in [0.15, 0.2) is 5.01 Å². The second kappa shape index (κ2) is 5.52. The Hall–Kier alpha value is -0.660. The number of halogens is 3. The second-order valence-corrected chi connectivity index (χ2v) is 7.11. The van der Waals surface area contributed by atoms with E-state index >= 15 is 0 Å². The Kier molecular flexibility index (Phi) is 4.00. The highest BCUT2D eigenvalue weighted by Crippen LogP contribution is 2.46. The normalized spacial score (nSPS) is 24.6. The van der Waals surface area contributed by atoms with Gasteiger partial charge in [-0.2, -0.15) is 13.2 Å². The lowest BCUT2D eigenvalue weighted by Gasteiger charge is -2.43.